The molecule has 0 atom stereocenters. The van der Waals surface area contributed by atoms with E-state index in [0.717, 1.165) is 23.0 Å². The lowest BCUT2D eigenvalue weighted by Gasteiger charge is -2.15. The smallest absolute Gasteiger partial charge is 0.0679 e. The van der Waals surface area contributed by atoms with Crippen LogP contribution in [0.15, 0.2) is 48.7 Å². The predicted molar refractivity (Wildman–Crippen MR) is 87.5 cm³/mol. The maximum absolute atomic E-state index is 8.36. The van der Waals surface area contributed by atoms with E-state index < -0.39 is 0 Å². The molecule has 2 heteroatoms. The monoisotopic (exact) mass is 276 g/mol. The van der Waals surface area contributed by atoms with Gasteiger partial charge in [0.05, 0.1) is 10.9 Å². The third kappa shape index (κ3) is 2.49. The zero-order valence-corrected chi connectivity index (χ0v) is 12.8. The van der Waals surface area contributed by atoms with E-state index in [9.17, 15) is 0 Å². The lowest BCUT2D eigenvalue weighted by atomic mass is 10.0. The molecule has 0 fully saturated rings. The number of hydrogen-bond donors (Lipinski definition) is 1. The van der Waals surface area contributed by atoms with Gasteiger partial charge in [-0.1, -0.05) is 36.4 Å². The first-order valence-electron chi connectivity index (χ1n) is 7.26. The van der Waals surface area contributed by atoms with Crippen LogP contribution in [-0.2, 0) is 6.54 Å². The fourth-order valence-corrected chi connectivity index (χ4v) is 2.97. The molecule has 0 bridgehead atoms. The molecule has 2 aromatic carbocycles. The van der Waals surface area contributed by atoms with Gasteiger partial charge < -0.3 is 4.57 Å². The molecular weight excluding hydrogens is 256 g/mol. The molecule has 3 rings (SSSR count). The molecule has 0 radical (unpaired) electrons. The molecule has 0 unspecified atom stereocenters. The Labute approximate surface area is 125 Å². The van der Waals surface area contributed by atoms with Crippen molar-refractivity contribution in [3.63, 3.8) is 0 Å². The van der Waals surface area contributed by atoms with Crippen LogP contribution in [0.25, 0.3) is 10.9 Å². The van der Waals surface area contributed by atoms with E-state index in [1.165, 1.54) is 16.7 Å². The lowest BCUT2D eigenvalue weighted by Crippen LogP contribution is -2.14. The van der Waals surface area contributed by atoms with Crippen molar-refractivity contribution >= 4 is 10.9 Å². The van der Waals surface area contributed by atoms with Gasteiger partial charge in [0.15, 0.2) is 0 Å². The minimum Gasteiger partial charge on any atom is -0.343 e. The van der Waals surface area contributed by atoms with E-state index in [4.69, 9.17) is 5.41 Å². The molecule has 1 N–H and O–H groups in total. The Morgan fingerprint density at radius 2 is 1.67 bits per heavy atom. The largest absolute Gasteiger partial charge is 0.343 e. The minimum atomic E-state index is 0.645. The lowest BCUT2D eigenvalue weighted by molar-refractivity contribution is 0.816. The summed E-state index contributed by atoms with van der Waals surface area (Å²) in [7, 11) is 0. The Balaban J connectivity index is 2.28. The van der Waals surface area contributed by atoms with E-state index in [0.29, 0.717) is 5.36 Å². The first kappa shape index (κ1) is 13.6. The summed E-state index contributed by atoms with van der Waals surface area (Å²) in [5.41, 5.74) is 5.86. The molecule has 0 aliphatic rings. The van der Waals surface area contributed by atoms with Crippen LogP contribution in [0.5, 0.6) is 0 Å². The Morgan fingerprint density at radius 1 is 0.952 bits per heavy atom. The third-order valence-corrected chi connectivity index (χ3v) is 3.96. The summed E-state index contributed by atoms with van der Waals surface area (Å²) in [6, 6.07) is 14.8. The third-order valence-electron chi connectivity index (χ3n) is 3.96. The van der Waals surface area contributed by atoms with E-state index in [1.807, 2.05) is 13.0 Å². The van der Waals surface area contributed by atoms with Gasteiger partial charge >= 0.3 is 0 Å². The summed E-state index contributed by atoms with van der Waals surface area (Å²) in [5.74, 6) is 0. The molecule has 1 aromatic heterocycles. The highest BCUT2D eigenvalue weighted by atomic mass is 14.9. The summed E-state index contributed by atoms with van der Waals surface area (Å²) < 4.78 is 2.26. The summed E-state index contributed by atoms with van der Waals surface area (Å²) in [6.07, 6.45) is 2.09. The maximum Gasteiger partial charge on any atom is 0.0679 e. The highest BCUT2D eigenvalue weighted by Crippen LogP contribution is 2.19. The van der Waals surface area contributed by atoms with Crippen molar-refractivity contribution in [2.45, 2.75) is 27.3 Å². The second-order valence-electron chi connectivity index (χ2n) is 5.78. The summed E-state index contributed by atoms with van der Waals surface area (Å²) in [6.45, 7) is 7.06. The highest BCUT2D eigenvalue weighted by molar-refractivity contribution is 5.83. The SMILES string of the molecule is Cc1cc(C)c2c(=N)c(C)cn(Cc3ccccc3)c2c1. The van der Waals surface area contributed by atoms with Crippen molar-refractivity contribution in [2.24, 2.45) is 0 Å². The van der Waals surface area contributed by atoms with Gasteiger partial charge in [0, 0.05) is 18.1 Å². The van der Waals surface area contributed by atoms with Gasteiger partial charge in [0.25, 0.3) is 0 Å². The number of benzene rings is 2. The first-order valence-corrected chi connectivity index (χ1v) is 7.26. The van der Waals surface area contributed by atoms with E-state index >= 15 is 0 Å². The minimum absolute atomic E-state index is 0.645. The van der Waals surface area contributed by atoms with Gasteiger partial charge in [0.2, 0.25) is 0 Å². The van der Waals surface area contributed by atoms with Crippen molar-refractivity contribution < 1.29 is 0 Å². The molecular formula is C19H20N2. The molecule has 0 aliphatic carbocycles. The highest BCUT2D eigenvalue weighted by Gasteiger charge is 2.08. The van der Waals surface area contributed by atoms with Gasteiger partial charge in [-0.3, -0.25) is 5.41 Å². The molecule has 0 spiro atoms. The quantitative estimate of drug-likeness (QED) is 0.730. The van der Waals surface area contributed by atoms with Gasteiger partial charge in [0.1, 0.15) is 0 Å². The fourth-order valence-electron chi connectivity index (χ4n) is 2.97. The zero-order valence-electron chi connectivity index (χ0n) is 12.8. The predicted octanol–water partition coefficient (Wildman–Crippen LogP) is 4.09. The second kappa shape index (κ2) is 5.21. The van der Waals surface area contributed by atoms with Crippen LogP contribution in [0.3, 0.4) is 0 Å². The molecule has 21 heavy (non-hydrogen) atoms. The molecule has 106 valence electrons. The van der Waals surface area contributed by atoms with Gasteiger partial charge in [-0.2, -0.15) is 0 Å². The van der Waals surface area contributed by atoms with Crippen LogP contribution < -0.4 is 5.36 Å². The molecule has 3 aromatic rings. The number of pyridine rings is 1. The molecule has 1 heterocycles. The topological polar surface area (TPSA) is 28.8 Å². The van der Waals surface area contributed by atoms with Gasteiger partial charge in [-0.25, -0.2) is 0 Å². The fraction of sp³-hybridized carbons (Fsp3) is 0.211. The van der Waals surface area contributed by atoms with Crippen molar-refractivity contribution in [1.82, 2.24) is 4.57 Å². The average Bonchev–Trinajstić information content (AvgIpc) is 2.45. The van der Waals surface area contributed by atoms with Crippen LogP contribution >= 0.6 is 0 Å². The van der Waals surface area contributed by atoms with Crippen LogP contribution in [-0.4, -0.2) is 4.57 Å². The number of fused-ring (bicyclic) bond motifs is 1. The molecule has 0 saturated carbocycles. The second-order valence-corrected chi connectivity index (χ2v) is 5.78. The van der Waals surface area contributed by atoms with Gasteiger partial charge in [-0.05, 0) is 49.1 Å². The number of hydrogen-bond acceptors (Lipinski definition) is 1. The summed E-state index contributed by atoms with van der Waals surface area (Å²) >= 11 is 0. The molecule has 2 nitrogen and oxygen atoms in total. The van der Waals surface area contributed by atoms with Crippen molar-refractivity contribution in [1.29, 1.82) is 5.41 Å². The van der Waals surface area contributed by atoms with Crippen molar-refractivity contribution in [3.8, 4) is 0 Å². The Kier molecular flexibility index (Phi) is 3.38. The number of nitrogens with one attached hydrogen (secondary N) is 1. The number of nitrogens with zero attached hydrogens (tertiary/aromatic N) is 1. The first-order chi connectivity index (χ1) is 10.1. The zero-order chi connectivity index (χ0) is 15.0. The van der Waals surface area contributed by atoms with Crippen LogP contribution in [0.1, 0.15) is 22.3 Å². The van der Waals surface area contributed by atoms with E-state index in [1.54, 1.807) is 0 Å². The van der Waals surface area contributed by atoms with E-state index in [2.05, 4.69) is 61.0 Å². The van der Waals surface area contributed by atoms with Crippen molar-refractivity contribution in [2.75, 3.05) is 0 Å². The molecule has 0 saturated heterocycles. The average molecular weight is 276 g/mol. The number of rotatable bonds is 2. The van der Waals surface area contributed by atoms with Crippen LogP contribution in [0, 0.1) is 26.2 Å². The Morgan fingerprint density at radius 3 is 2.38 bits per heavy atom. The maximum atomic E-state index is 8.36. The normalized spacial score (nSPS) is 11.0. The summed E-state index contributed by atoms with van der Waals surface area (Å²) in [4.78, 5) is 0. The van der Waals surface area contributed by atoms with Crippen LogP contribution in [0.4, 0.5) is 0 Å². The van der Waals surface area contributed by atoms with Crippen LogP contribution in [0.2, 0.25) is 0 Å². The summed E-state index contributed by atoms with van der Waals surface area (Å²) in [5, 5.41) is 10.1. The van der Waals surface area contributed by atoms with Crippen molar-refractivity contribution in [3.05, 3.63) is 76.3 Å². The number of aromatic nitrogens is 1. The number of aryl methyl sites for hydroxylation is 3. The molecule has 0 aliphatic heterocycles. The Bertz CT molecular complexity index is 858. The standard InChI is InChI=1S/C19H20N2/c1-13-9-14(2)18-17(10-13)21(11-15(3)19(18)20)12-16-7-5-4-6-8-16/h4-11,20H,12H2,1-3H3. The van der Waals surface area contributed by atoms with Gasteiger partial charge in [-0.15, -0.1) is 0 Å². The molecule has 0 amide bonds. The Hall–Kier alpha value is -2.35. The van der Waals surface area contributed by atoms with E-state index in [-0.39, 0.29) is 0 Å².